The normalized spacial score (nSPS) is 14.3. The largest absolute Gasteiger partial charge is 0.497 e. The van der Waals surface area contributed by atoms with E-state index in [1.165, 1.54) is 25.7 Å². The number of aliphatic carboxylic acids is 2. The molecule has 0 spiro atoms. The van der Waals surface area contributed by atoms with E-state index >= 15 is 0 Å². The SMILES string of the molecule is COc1ccc(NC(=O)CCN2CCCCCC2)cc1.O=C(O)C(=O)O. The minimum absolute atomic E-state index is 0.0828. The van der Waals surface area contributed by atoms with Crippen LogP contribution >= 0.6 is 0 Å². The number of hydrogen-bond donors (Lipinski definition) is 3. The first-order chi connectivity index (χ1) is 12.4. The van der Waals surface area contributed by atoms with Gasteiger partial charge in [0, 0.05) is 18.7 Å². The van der Waals surface area contributed by atoms with Crippen LogP contribution in [0.1, 0.15) is 32.1 Å². The number of carbonyl (C=O) groups excluding carboxylic acids is 1. The fourth-order valence-electron chi connectivity index (χ4n) is 2.52. The number of nitrogens with one attached hydrogen (secondary N) is 1. The Balaban J connectivity index is 0.000000487. The van der Waals surface area contributed by atoms with Crippen molar-refractivity contribution in [2.24, 2.45) is 0 Å². The third kappa shape index (κ3) is 9.03. The van der Waals surface area contributed by atoms with Gasteiger partial charge in [0.2, 0.25) is 5.91 Å². The van der Waals surface area contributed by atoms with E-state index < -0.39 is 11.9 Å². The molecule has 1 fully saturated rings. The van der Waals surface area contributed by atoms with E-state index in [9.17, 15) is 4.79 Å². The van der Waals surface area contributed by atoms with Gasteiger partial charge in [-0.15, -0.1) is 0 Å². The first-order valence-electron chi connectivity index (χ1n) is 8.55. The van der Waals surface area contributed by atoms with Crippen molar-refractivity contribution in [2.45, 2.75) is 32.1 Å². The number of hydrogen-bond acceptors (Lipinski definition) is 5. The Morgan fingerprint density at radius 1 is 1.00 bits per heavy atom. The molecule has 8 heteroatoms. The summed E-state index contributed by atoms with van der Waals surface area (Å²) in [5, 5.41) is 17.7. The van der Waals surface area contributed by atoms with E-state index in [2.05, 4.69) is 10.2 Å². The van der Waals surface area contributed by atoms with Gasteiger partial charge in [-0.1, -0.05) is 12.8 Å². The van der Waals surface area contributed by atoms with Gasteiger partial charge in [-0.2, -0.15) is 0 Å². The summed E-state index contributed by atoms with van der Waals surface area (Å²) < 4.78 is 5.09. The minimum Gasteiger partial charge on any atom is -0.497 e. The molecule has 1 amide bonds. The molecule has 2 rings (SSSR count). The van der Waals surface area contributed by atoms with Crippen molar-refractivity contribution in [1.82, 2.24) is 4.90 Å². The fourth-order valence-corrected chi connectivity index (χ4v) is 2.52. The summed E-state index contributed by atoms with van der Waals surface area (Å²) in [7, 11) is 1.63. The number of benzene rings is 1. The van der Waals surface area contributed by atoms with Crippen LogP contribution in [0.5, 0.6) is 5.75 Å². The molecular formula is C18H26N2O6. The molecule has 144 valence electrons. The highest BCUT2D eigenvalue weighted by Gasteiger charge is 2.11. The highest BCUT2D eigenvalue weighted by molar-refractivity contribution is 6.27. The third-order valence-electron chi connectivity index (χ3n) is 3.91. The van der Waals surface area contributed by atoms with Crippen molar-refractivity contribution in [3.05, 3.63) is 24.3 Å². The van der Waals surface area contributed by atoms with Gasteiger partial charge in [0.1, 0.15) is 5.75 Å². The molecule has 1 aromatic carbocycles. The van der Waals surface area contributed by atoms with Crippen LogP contribution < -0.4 is 10.1 Å². The topological polar surface area (TPSA) is 116 Å². The Morgan fingerprint density at radius 3 is 2.00 bits per heavy atom. The van der Waals surface area contributed by atoms with Crippen LogP contribution in [0.4, 0.5) is 5.69 Å². The average Bonchev–Trinajstić information content (AvgIpc) is 2.90. The van der Waals surface area contributed by atoms with Crippen LogP contribution in [0, 0.1) is 0 Å². The molecule has 0 aliphatic carbocycles. The Kier molecular flexibility index (Phi) is 9.78. The Bertz CT molecular complexity index is 568. The van der Waals surface area contributed by atoms with Gasteiger partial charge >= 0.3 is 11.9 Å². The zero-order valence-corrected chi connectivity index (χ0v) is 14.9. The van der Waals surface area contributed by atoms with E-state index in [1.54, 1.807) is 7.11 Å². The van der Waals surface area contributed by atoms with Crippen LogP contribution in [0.25, 0.3) is 0 Å². The maximum atomic E-state index is 11.9. The predicted molar refractivity (Wildman–Crippen MR) is 96.4 cm³/mol. The second kappa shape index (κ2) is 11.9. The van der Waals surface area contributed by atoms with E-state index in [0.717, 1.165) is 31.1 Å². The number of rotatable bonds is 5. The van der Waals surface area contributed by atoms with Crippen molar-refractivity contribution >= 4 is 23.5 Å². The van der Waals surface area contributed by atoms with Gasteiger partial charge < -0.3 is 25.2 Å². The number of nitrogens with zero attached hydrogens (tertiary/aromatic N) is 1. The standard InChI is InChI=1S/C16H24N2O2.C2H2O4/c1-20-15-8-6-14(7-9-15)17-16(19)10-13-18-11-4-2-3-5-12-18;3-1(4)2(5)6/h6-9H,2-5,10-13H2,1H3,(H,17,19);(H,3,4)(H,5,6). The van der Waals surface area contributed by atoms with Gasteiger partial charge in [-0.05, 0) is 50.2 Å². The molecule has 3 N–H and O–H groups in total. The van der Waals surface area contributed by atoms with Gasteiger partial charge in [0.05, 0.1) is 7.11 Å². The first-order valence-corrected chi connectivity index (χ1v) is 8.55. The third-order valence-corrected chi connectivity index (χ3v) is 3.91. The Hall–Kier alpha value is -2.61. The molecule has 0 saturated carbocycles. The van der Waals surface area contributed by atoms with Crippen LogP contribution in [0.15, 0.2) is 24.3 Å². The van der Waals surface area contributed by atoms with Crippen molar-refractivity contribution in [3.63, 3.8) is 0 Å². The smallest absolute Gasteiger partial charge is 0.414 e. The molecule has 1 aliphatic rings. The summed E-state index contributed by atoms with van der Waals surface area (Å²) in [6, 6.07) is 7.43. The number of carboxylic acids is 2. The zero-order chi connectivity index (χ0) is 19.4. The number of carboxylic acid groups (broad SMARTS) is 2. The monoisotopic (exact) mass is 366 g/mol. The van der Waals surface area contributed by atoms with Crippen LogP contribution in [-0.2, 0) is 14.4 Å². The van der Waals surface area contributed by atoms with Crippen LogP contribution in [-0.4, -0.2) is 59.7 Å². The molecule has 1 heterocycles. The van der Waals surface area contributed by atoms with E-state index in [4.69, 9.17) is 24.5 Å². The van der Waals surface area contributed by atoms with Crippen molar-refractivity contribution in [1.29, 1.82) is 0 Å². The molecule has 1 aliphatic heterocycles. The molecule has 1 saturated heterocycles. The molecule has 0 bridgehead atoms. The molecule has 26 heavy (non-hydrogen) atoms. The van der Waals surface area contributed by atoms with Gasteiger partial charge in [-0.3, -0.25) is 4.79 Å². The number of ether oxygens (including phenoxy) is 1. The predicted octanol–water partition coefficient (Wildman–Crippen LogP) is 2.06. The number of amides is 1. The maximum Gasteiger partial charge on any atom is 0.414 e. The lowest BCUT2D eigenvalue weighted by Crippen LogP contribution is -2.28. The van der Waals surface area contributed by atoms with Gasteiger partial charge in [0.25, 0.3) is 0 Å². The van der Waals surface area contributed by atoms with E-state index in [-0.39, 0.29) is 5.91 Å². The summed E-state index contributed by atoms with van der Waals surface area (Å²) in [4.78, 5) is 32.5. The summed E-state index contributed by atoms with van der Waals surface area (Å²) in [6.45, 7) is 3.13. The second-order valence-corrected chi connectivity index (χ2v) is 5.89. The highest BCUT2D eigenvalue weighted by atomic mass is 16.5. The molecule has 8 nitrogen and oxygen atoms in total. The van der Waals surface area contributed by atoms with Gasteiger partial charge in [-0.25, -0.2) is 9.59 Å². The summed E-state index contributed by atoms with van der Waals surface area (Å²) in [5.41, 5.74) is 0.826. The molecule has 0 atom stereocenters. The Labute approximate surface area is 152 Å². The zero-order valence-electron chi connectivity index (χ0n) is 14.9. The van der Waals surface area contributed by atoms with Crippen molar-refractivity contribution in [2.75, 3.05) is 32.1 Å². The van der Waals surface area contributed by atoms with Crippen molar-refractivity contribution < 1.29 is 29.3 Å². The Morgan fingerprint density at radius 2 is 1.54 bits per heavy atom. The lowest BCUT2D eigenvalue weighted by Gasteiger charge is -2.19. The summed E-state index contributed by atoms with van der Waals surface area (Å²) >= 11 is 0. The molecule has 1 aromatic rings. The van der Waals surface area contributed by atoms with Crippen LogP contribution in [0.3, 0.4) is 0 Å². The minimum atomic E-state index is -1.82. The number of likely N-dealkylation sites (tertiary alicyclic amines) is 1. The summed E-state index contributed by atoms with van der Waals surface area (Å²) in [6.07, 6.45) is 5.75. The van der Waals surface area contributed by atoms with E-state index in [0.29, 0.717) is 6.42 Å². The lowest BCUT2D eigenvalue weighted by molar-refractivity contribution is -0.159. The van der Waals surface area contributed by atoms with Crippen LogP contribution in [0.2, 0.25) is 0 Å². The average molecular weight is 366 g/mol. The van der Waals surface area contributed by atoms with E-state index in [1.807, 2.05) is 24.3 Å². The number of carbonyl (C=O) groups is 3. The van der Waals surface area contributed by atoms with Gasteiger partial charge in [0.15, 0.2) is 0 Å². The fraction of sp³-hybridized carbons (Fsp3) is 0.500. The molecule has 0 aromatic heterocycles. The van der Waals surface area contributed by atoms with Crippen molar-refractivity contribution in [3.8, 4) is 5.75 Å². The quantitative estimate of drug-likeness (QED) is 0.683. The number of methoxy groups -OCH3 is 1. The highest BCUT2D eigenvalue weighted by Crippen LogP contribution is 2.15. The molecular weight excluding hydrogens is 340 g/mol. The first kappa shape index (κ1) is 21.4. The molecule has 0 unspecified atom stereocenters. The maximum absolute atomic E-state index is 11.9. The lowest BCUT2D eigenvalue weighted by atomic mass is 10.2. The number of anilines is 1. The summed E-state index contributed by atoms with van der Waals surface area (Å²) in [5.74, 6) is -2.77. The second-order valence-electron chi connectivity index (χ2n) is 5.89. The molecule has 0 radical (unpaired) electrons.